The molecule has 0 aliphatic heterocycles. The van der Waals surface area contributed by atoms with Gasteiger partial charge in [0.2, 0.25) is 0 Å². The van der Waals surface area contributed by atoms with E-state index in [4.69, 9.17) is 9.52 Å². The summed E-state index contributed by atoms with van der Waals surface area (Å²) in [6.45, 7) is 3.87. The Bertz CT molecular complexity index is 673. The summed E-state index contributed by atoms with van der Waals surface area (Å²) in [4.78, 5) is 22.6. The lowest BCUT2D eigenvalue weighted by atomic mass is 10.1. The Kier molecular flexibility index (Phi) is 5.57. The summed E-state index contributed by atoms with van der Waals surface area (Å²) in [5.41, 5.74) is 2.16. The molecule has 1 unspecified atom stereocenters. The van der Waals surface area contributed by atoms with Crippen LogP contribution in [-0.4, -0.2) is 23.0 Å². The minimum absolute atomic E-state index is 0.0224. The van der Waals surface area contributed by atoms with Crippen LogP contribution in [0.4, 0.5) is 0 Å². The highest BCUT2D eigenvalue weighted by atomic mass is 16.4. The van der Waals surface area contributed by atoms with Gasteiger partial charge in [0.1, 0.15) is 5.76 Å². The molecule has 0 fully saturated rings. The molecule has 0 bridgehead atoms. The Morgan fingerprint density at radius 3 is 2.48 bits per heavy atom. The fourth-order valence-electron chi connectivity index (χ4n) is 2.23. The van der Waals surface area contributed by atoms with E-state index in [2.05, 4.69) is 12.2 Å². The van der Waals surface area contributed by atoms with E-state index in [0.717, 1.165) is 12.0 Å². The van der Waals surface area contributed by atoms with Crippen molar-refractivity contribution in [3.05, 3.63) is 47.7 Å². The molecule has 5 nitrogen and oxygen atoms in total. The molecule has 2 aromatic rings. The zero-order valence-corrected chi connectivity index (χ0v) is 13.3. The number of hydrogen-bond donors (Lipinski definition) is 2. The van der Waals surface area contributed by atoms with Crippen LogP contribution in [0, 0.1) is 0 Å². The van der Waals surface area contributed by atoms with Crippen LogP contribution in [-0.2, 0) is 11.2 Å². The van der Waals surface area contributed by atoms with Gasteiger partial charge < -0.3 is 14.8 Å². The quantitative estimate of drug-likeness (QED) is 0.819. The number of aliphatic carboxylic acids is 1. The van der Waals surface area contributed by atoms with E-state index >= 15 is 0 Å². The van der Waals surface area contributed by atoms with Gasteiger partial charge in [-0.15, -0.1) is 0 Å². The largest absolute Gasteiger partial charge is 0.481 e. The Hall–Kier alpha value is -2.56. The highest BCUT2D eigenvalue weighted by Crippen LogP contribution is 2.22. The predicted molar refractivity (Wildman–Crippen MR) is 87.3 cm³/mol. The van der Waals surface area contributed by atoms with Crippen LogP contribution >= 0.6 is 0 Å². The summed E-state index contributed by atoms with van der Waals surface area (Å²) in [7, 11) is 0. The number of amides is 1. The molecule has 0 saturated carbocycles. The summed E-state index contributed by atoms with van der Waals surface area (Å²) in [5.74, 6) is -0.348. The van der Waals surface area contributed by atoms with Gasteiger partial charge in [-0.2, -0.15) is 0 Å². The second kappa shape index (κ2) is 7.63. The predicted octanol–water partition coefficient (Wildman–Crippen LogP) is 3.49. The number of benzene rings is 1. The standard InChI is InChI=1S/C18H21NO4/c1-3-13-5-7-14(8-6-13)15-9-10-16(23-15)18(22)19-12(2)4-11-17(20)21/h5-10,12H,3-4,11H2,1-2H3,(H,19,22)(H,20,21). The molecule has 1 atom stereocenters. The monoisotopic (exact) mass is 315 g/mol. The average Bonchev–Trinajstić information content (AvgIpc) is 3.03. The second-order valence-corrected chi connectivity index (χ2v) is 5.52. The van der Waals surface area contributed by atoms with Crippen LogP contribution < -0.4 is 5.32 Å². The molecule has 0 saturated heterocycles. The third-order valence-electron chi connectivity index (χ3n) is 3.65. The molecule has 1 heterocycles. The minimum atomic E-state index is -0.873. The molecule has 5 heteroatoms. The van der Waals surface area contributed by atoms with Crippen LogP contribution in [0.3, 0.4) is 0 Å². The first kappa shape index (κ1) is 16.8. The van der Waals surface area contributed by atoms with Crippen molar-refractivity contribution in [1.82, 2.24) is 5.32 Å². The fraction of sp³-hybridized carbons (Fsp3) is 0.333. The normalized spacial score (nSPS) is 11.9. The van der Waals surface area contributed by atoms with Crippen LogP contribution in [0.25, 0.3) is 11.3 Å². The Labute approximate surface area is 135 Å². The maximum absolute atomic E-state index is 12.1. The van der Waals surface area contributed by atoms with Crippen molar-refractivity contribution < 1.29 is 19.1 Å². The lowest BCUT2D eigenvalue weighted by Crippen LogP contribution is -2.32. The molecular formula is C18H21NO4. The van der Waals surface area contributed by atoms with Crippen molar-refractivity contribution in [1.29, 1.82) is 0 Å². The first-order chi connectivity index (χ1) is 11.0. The minimum Gasteiger partial charge on any atom is -0.481 e. The molecule has 0 aliphatic rings. The fourth-order valence-corrected chi connectivity index (χ4v) is 2.23. The van der Waals surface area contributed by atoms with Gasteiger partial charge in [-0.05, 0) is 37.5 Å². The molecule has 1 amide bonds. The summed E-state index contributed by atoms with van der Waals surface area (Å²) in [6, 6.07) is 11.2. The second-order valence-electron chi connectivity index (χ2n) is 5.52. The molecule has 122 valence electrons. The van der Waals surface area contributed by atoms with Crippen LogP contribution in [0.5, 0.6) is 0 Å². The van der Waals surface area contributed by atoms with Crippen LogP contribution in [0.2, 0.25) is 0 Å². The summed E-state index contributed by atoms with van der Waals surface area (Å²) >= 11 is 0. The summed E-state index contributed by atoms with van der Waals surface area (Å²) < 4.78 is 5.60. The third-order valence-corrected chi connectivity index (χ3v) is 3.65. The van der Waals surface area contributed by atoms with E-state index in [-0.39, 0.29) is 24.1 Å². The van der Waals surface area contributed by atoms with E-state index < -0.39 is 5.97 Å². The van der Waals surface area contributed by atoms with Gasteiger partial charge in [0.15, 0.2) is 5.76 Å². The third kappa shape index (κ3) is 4.71. The summed E-state index contributed by atoms with van der Waals surface area (Å²) in [6.07, 6.45) is 1.38. The highest BCUT2D eigenvalue weighted by Gasteiger charge is 2.15. The maximum atomic E-state index is 12.1. The Balaban J connectivity index is 2.00. The number of furan rings is 1. The number of aryl methyl sites for hydroxylation is 1. The Morgan fingerprint density at radius 2 is 1.87 bits per heavy atom. The van der Waals surface area contributed by atoms with Gasteiger partial charge in [-0.3, -0.25) is 9.59 Å². The topological polar surface area (TPSA) is 79.5 Å². The van der Waals surface area contributed by atoms with Crippen LogP contribution in [0.1, 0.15) is 42.8 Å². The molecule has 0 spiro atoms. The number of nitrogens with one attached hydrogen (secondary N) is 1. The van der Waals surface area contributed by atoms with E-state index in [1.807, 2.05) is 24.3 Å². The lowest BCUT2D eigenvalue weighted by molar-refractivity contribution is -0.137. The van der Waals surface area contributed by atoms with Gasteiger partial charge >= 0.3 is 5.97 Å². The molecule has 1 aromatic heterocycles. The van der Waals surface area contributed by atoms with Crippen molar-refractivity contribution in [2.75, 3.05) is 0 Å². The maximum Gasteiger partial charge on any atom is 0.303 e. The van der Waals surface area contributed by atoms with Gasteiger partial charge in [-0.1, -0.05) is 31.2 Å². The van der Waals surface area contributed by atoms with Crippen molar-refractivity contribution in [3.63, 3.8) is 0 Å². The molecule has 2 N–H and O–H groups in total. The molecule has 0 aliphatic carbocycles. The SMILES string of the molecule is CCc1ccc(-c2ccc(C(=O)NC(C)CCC(=O)O)o2)cc1. The van der Waals surface area contributed by atoms with Crippen molar-refractivity contribution >= 4 is 11.9 Å². The van der Waals surface area contributed by atoms with E-state index in [9.17, 15) is 9.59 Å². The summed E-state index contributed by atoms with van der Waals surface area (Å²) in [5, 5.41) is 11.4. The van der Waals surface area contributed by atoms with Crippen LogP contribution in [0.15, 0.2) is 40.8 Å². The molecular weight excluding hydrogens is 294 g/mol. The zero-order valence-electron chi connectivity index (χ0n) is 13.3. The van der Waals surface area contributed by atoms with Gasteiger partial charge in [0.25, 0.3) is 5.91 Å². The number of rotatable bonds is 7. The number of carbonyl (C=O) groups excluding carboxylic acids is 1. The van der Waals surface area contributed by atoms with E-state index in [1.54, 1.807) is 19.1 Å². The van der Waals surface area contributed by atoms with E-state index in [0.29, 0.717) is 12.2 Å². The molecule has 2 rings (SSSR count). The average molecular weight is 315 g/mol. The van der Waals surface area contributed by atoms with Gasteiger partial charge in [0.05, 0.1) is 0 Å². The number of carboxylic acids is 1. The van der Waals surface area contributed by atoms with Gasteiger partial charge in [-0.25, -0.2) is 0 Å². The molecule has 1 aromatic carbocycles. The Morgan fingerprint density at radius 1 is 1.17 bits per heavy atom. The lowest BCUT2D eigenvalue weighted by Gasteiger charge is -2.11. The van der Waals surface area contributed by atoms with Crippen molar-refractivity contribution in [2.45, 2.75) is 39.2 Å². The number of carbonyl (C=O) groups is 2. The zero-order chi connectivity index (χ0) is 16.8. The molecule has 0 radical (unpaired) electrons. The van der Waals surface area contributed by atoms with Crippen molar-refractivity contribution in [3.8, 4) is 11.3 Å². The highest BCUT2D eigenvalue weighted by molar-refractivity contribution is 5.92. The first-order valence-electron chi connectivity index (χ1n) is 7.71. The smallest absolute Gasteiger partial charge is 0.303 e. The van der Waals surface area contributed by atoms with E-state index in [1.165, 1.54) is 5.56 Å². The number of carboxylic acid groups (broad SMARTS) is 1. The van der Waals surface area contributed by atoms with Gasteiger partial charge in [0, 0.05) is 18.0 Å². The van der Waals surface area contributed by atoms with Crippen molar-refractivity contribution in [2.24, 2.45) is 0 Å². The first-order valence-corrected chi connectivity index (χ1v) is 7.71. The molecule has 23 heavy (non-hydrogen) atoms. The number of hydrogen-bond acceptors (Lipinski definition) is 3.